The molecule has 1 aliphatic carbocycles. The summed E-state index contributed by atoms with van der Waals surface area (Å²) in [5, 5.41) is 9.42. The van der Waals surface area contributed by atoms with E-state index in [-0.39, 0.29) is 5.56 Å². The van der Waals surface area contributed by atoms with Crippen molar-refractivity contribution >= 4 is 33.3 Å². The molecule has 0 radical (unpaired) electrons. The van der Waals surface area contributed by atoms with Crippen molar-refractivity contribution in [1.29, 1.82) is 0 Å². The fraction of sp³-hybridized carbons (Fsp3) is 0.529. The molecule has 0 saturated carbocycles. The lowest BCUT2D eigenvalue weighted by atomic mass is 9.89. The van der Waals surface area contributed by atoms with Gasteiger partial charge in [0.1, 0.15) is 4.83 Å². The Kier molecular flexibility index (Phi) is 4.41. The van der Waals surface area contributed by atoms with Gasteiger partial charge in [0, 0.05) is 18.3 Å². The van der Waals surface area contributed by atoms with Crippen LogP contribution in [0.15, 0.2) is 14.4 Å². The molecule has 6 nitrogen and oxygen atoms in total. The van der Waals surface area contributed by atoms with Crippen LogP contribution in [0.5, 0.6) is 0 Å². The molecule has 1 atom stereocenters. The summed E-state index contributed by atoms with van der Waals surface area (Å²) in [7, 11) is 0. The lowest BCUT2D eigenvalue weighted by Gasteiger charge is -2.17. The number of hydrogen-bond acceptors (Lipinski definition) is 7. The van der Waals surface area contributed by atoms with Gasteiger partial charge in [-0.25, -0.2) is 4.98 Å². The first-order valence-electron chi connectivity index (χ1n) is 8.53. The van der Waals surface area contributed by atoms with Crippen molar-refractivity contribution in [1.82, 2.24) is 19.7 Å². The summed E-state index contributed by atoms with van der Waals surface area (Å²) in [4.78, 5) is 20.1. The quantitative estimate of drug-likeness (QED) is 0.512. The van der Waals surface area contributed by atoms with Gasteiger partial charge < -0.3 is 4.42 Å². The predicted molar refractivity (Wildman–Crippen MR) is 99.3 cm³/mol. The van der Waals surface area contributed by atoms with Crippen LogP contribution in [0.2, 0.25) is 0 Å². The SMILES string of the molecule is CCn1c(SCc2nnc(C)o2)nc2sc3c(c2c1=O)CC[C@@H](C)C3. The number of thiophene rings is 1. The highest BCUT2D eigenvalue weighted by atomic mass is 32.2. The fourth-order valence-corrected chi connectivity index (χ4v) is 5.64. The Labute approximate surface area is 153 Å². The molecule has 0 unspecified atom stereocenters. The number of aromatic nitrogens is 4. The second-order valence-electron chi connectivity index (χ2n) is 6.48. The molecular weight excluding hydrogens is 356 g/mol. The van der Waals surface area contributed by atoms with Crippen LogP contribution < -0.4 is 5.56 Å². The molecule has 8 heteroatoms. The van der Waals surface area contributed by atoms with Gasteiger partial charge in [0.15, 0.2) is 5.16 Å². The maximum Gasteiger partial charge on any atom is 0.263 e. The molecule has 0 N–H and O–H groups in total. The van der Waals surface area contributed by atoms with Crippen LogP contribution in [0, 0.1) is 12.8 Å². The third-order valence-corrected chi connectivity index (χ3v) is 6.70. The van der Waals surface area contributed by atoms with Crippen molar-refractivity contribution in [3.8, 4) is 0 Å². The molecule has 0 aliphatic heterocycles. The number of fused-ring (bicyclic) bond motifs is 3. The van der Waals surface area contributed by atoms with Crippen LogP contribution in [0.3, 0.4) is 0 Å². The summed E-state index contributed by atoms with van der Waals surface area (Å²) >= 11 is 3.16. The Hall–Kier alpha value is -1.67. The Morgan fingerprint density at radius 3 is 2.96 bits per heavy atom. The molecule has 0 spiro atoms. The second-order valence-corrected chi connectivity index (χ2v) is 8.51. The molecule has 3 heterocycles. The summed E-state index contributed by atoms with van der Waals surface area (Å²) in [6.07, 6.45) is 3.20. The molecular formula is C17H20N4O2S2. The minimum atomic E-state index is 0.0868. The first-order chi connectivity index (χ1) is 12.1. The Balaban J connectivity index is 1.75. The molecule has 132 valence electrons. The molecule has 25 heavy (non-hydrogen) atoms. The van der Waals surface area contributed by atoms with E-state index in [1.165, 1.54) is 22.2 Å². The first-order valence-corrected chi connectivity index (χ1v) is 10.3. The highest BCUT2D eigenvalue weighted by molar-refractivity contribution is 7.98. The summed E-state index contributed by atoms with van der Waals surface area (Å²) in [5.41, 5.74) is 1.32. The minimum Gasteiger partial charge on any atom is -0.425 e. The van der Waals surface area contributed by atoms with Crippen LogP contribution in [0.1, 0.15) is 42.5 Å². The molecule has 0 amide bonds. The number of nitrogens with zero attached hydrogens (tertiary/aromatic N) is 4. The molecule has 0 fully saturated rings. The smallest absolute Gasteiger partial charge is 0.263 e. The Morgan fingerprint density at radius 2 is 2.24 bits per heavy atom. The minimum absolute atomic E-state index is 0.0868. The monoisotopic (exact) mass is 376 g/mol. The van der Waals surface area contributed by atoms with E-state index in [4.69, 9.17) is 9.40 Å². The Bertz CT molecular complexity index is 989. The highest BCUT2D eigenvalue weighted by Crippen LogP contribution is 2.36. The van der Waals surface area contributed by atoms with Gasteiger partial charge in [-0.1, -0.05) is 18.7 Å². The van der Waals surface area contributed by atoms with Gasteiger partial charge in [-0.3, -0.25) is 9.36 Å². The van der Waals surface area contributed by atoms with Crippen LogP contribution >= 0.6 is 23.1 Å². The van der Waals surface area contributed by atoms with E-state index in [0.29, 0.717) is 30.0 Å². The molecule has 4 rings (SSSR count). The van der Waals surface area contributed by atoms with Gasteiger partial charge in [0.05, 0.1) is 11.1 Å². The predicted octanol–water partition coefficient (Wildman–Crippen LogP) is 3.59. The van der Waals surface area contributed by atoms with Gasteiger partial charge in [-0.15, -0.1) is 21.5 Å². The normalized spacial score (nSPS) is 17.2. The van der Waals surface area contributed by atoms with E-state index in [9.17, 15) is 4.79 Å². The lowest BCUT2D eigenvalue weighted by molar-refractivity contribution is 0.485. The largest absolute Gasteiger partial charge is 0.425 e. The van der Waals surface area contributed by atoms with E-state index in [0.717, 1.165) is 34.6 Å². The average molecular weight is 377 g/mol. The van der Waals surface area contributed by atoms with Crippen LogP contribution in [-0.2, 0) is 25.1 Å². The standard InChI is InChI=1S/C17H20N4O2S2/c1-4-21-16(22)14-11-6-5-9(2)7-12(11)25-15(14)18-17(21)24-8-13-20-19-10(3)23-13/h9H,4-8H2,1-3H3/t9-/m1/s1. The lowest BCUT2D eigenvalue weighted by Crippen LogP contribution is -2.23. The van der Waals surface area contributed by atoms with E-state index < -0.39 is 0 Å². The second kappa shape index (κ2) is 6.57. The van der Waals surface area contributed by atoms with Gasteiger partial charge in [0.25, 0.3) is 5.56 Å². The van der Waals surface area contributed by atoms with E-state index in [1.54, 1.807) is 22.8 Å². The third-order valence-electron chi connectivity index (χ3n) is 4.59. The van der Waals surface area contributed by atoms with Crippen molar-refractivity contribution < 1.29 is 4.42 Å². The topological polar surface area (TPSA) is 73.8 Å². The number of hydrogen-bond donors (Lipinski definition) is 0. The molecule has 0 aromatic carbocycles. The number of rotatable bonds is 4. The summed E-state index contributed by atoms with van der Waals surface area (Å²) in [5.74, 6) is 2.30. The number of thioether (sulfide) groups is 1. The van der Waals surface area contributed by atoms with Crippen molar-refractivity contribution in [2.24, 2.45) is 5.92 Å². The summed E-state index contributed by atoms with van der Waals surface area (Å²) in [6.45, 7) is 6.63. The maximum absolute atomic E-state index is 13.1. The zero-order valence-electron chi connectivity index (χ0n) is 14.5. The third kappa shape index (κ3) is 3.01. The van der Waals surface area contributed by atoms with Gasteiger partial charge in [-0.05, 0) is 37.7 Å². The van der Waals surface area contributed by atoms with Crippen molar-refractivity contribution in [3.05, 3.63) is 32.6 Å². The molecule has 1 aliphatic rings. The summed E-state index contributed by atoms with van der Waals surface area (Å²) in [6, 6.07) is 0. The summed E-state index contributed by atoms with van der Waals surface area (Å²) < 4.78 is 7.18. The van der Waals surface area contributed by atoms with Crippen LogP contribution in [0.4, 0.5) is 0 Å². The fourth-order valence-electron chi connectivity index (χ4n) is 3.32. The first kappa shape index (κ1) is 16.8. The van der Waals surface area contributed by atoms with Crippen molar-refractivity contribution in [2.45, 2.75) is 57.5 Å². The van der Waals surface area contributed by atoms with E-state index in [1.807, 2.05) is 6.92 Å². The highest BCUT2D eigenvalue weighted by Gasteiger charge is 2.24. The zero-order valence-corrected chi connectivity index (χ0v) is 16.2. The molecule has 3 aromatic rings. The van der Waals surface area contributed by atoms with Crippen molar-refractivity contribution in [3.63, 3.8) is 0 Å². The number of aryl methyl sites for hydroxylation is 2. The van der Waals surface area contributed by atoms with Gasteiger partial charge in [-0.2, -0.15) is 0 Å². The zero-order chi connectivity index (χ0) is 17.6. The van der Waals surface area contributed by atoms with Crippen LogP contribution in [-0.4, -0.2) is 19.7 Å². The van der Waals surface area contributed by atoms with Gasteiger partial charge in [0.2, 0.25) is 11.8 Å². The van der Waals surface area contributed by atoms with Crippen molar-refractivity contribution in [2.75, 3.05) is 0 Å². The van der Waals surface area contributed by atoms with Crippen LogP contribution in [0.25, 0.3) is 10.2 Å². The van der Waals surface area contributed by atoms with E-state index in [2.05, 4.69) is 17.1 Å². The maximum atomic E-state index is 13.1. The molecule has 0 bridgehead atoms. The van der Waals surface area contributed by atoms with Gasteiger partial charge >= 0.3 is 0 Å². The van der Waals surface area contributed by atoms with E-state index >= 15 is 0 Å². The Morgan fingerprint density at radius 1 is 1.40 bits per heavy atom. The molecule has 3 aromatic heterocycles. The average Bonchev–Trinajstić information content (AvgIpc) is 3.15. The molecule has 0 saturated heterocycles.